The van der Waals surface area contributed by atoms with Crippen molar-refractivity contribution in [2.24, 2.45) is 0 Å². The van der Waals surface area contributed by atoms with E-state index in [-0.39, 0.29) is 6.04 Å². The number of imidazole rings is 1. The van der Waals surface area contributed by atoms with Gasteiger partial charge in [-0.25, -0.2) is 9.78 Å². The fourth-order valence-corrected chi connectivity index (χ4v) is 1.99. The van der Waals surface area contributed by atoms with Gasteiger partial charge in [0.15, 0.2) is 5.54 Å². The first kappa shape index (κ1) is 9.21. The van der Waals surface area contributed by atoms with Crippen LogP contribution < -0.4 is 5.32 Å². The highest BCUT2D eigenvalue weighted by Gasteiger charge is 2.43. The van der Waals surface area contributed by atoms with Crippen molar-refractivity contribution in [3.8, 4) is 0 Å². The molecular weight excluding hydrogens is 182 g/mol. The maximum absolute atomic E-state index is 11.2. The van der Waals surface area contributed by atoms with E-state index in [1.165, 1.54) is 0 Å². The maximum atomic E-state index is 11.2. The number of aromatic amines is 1. The summed E-state index contributed by atoms with van der Waals surface area (Å²) in [6.07, 6.45) is 2.34. The van der Waals surface area contributed by atoms with Gasteiger partial charge in [0.1, 0.15) is 0 Å². The van der Waals surface area contributed by atoms with E-state index in [4.69, 9.17) is 5.11 Å². The Balaban J connectivity index is 2.51. The molecule has 0 aliphatic carbocycles. The summed E-state index contributed by atoms with van der Waals surface area (Å²) in [5, 5.41) is 12.2. The number of aromatic nitrogens is 2. The Kier molecular flexibility index (Phi) is 1.85. The van der Waals surface area contributed by atoms with E-state index in [1.807, 2.05) is 6.92 Å². The molecule has 0 fully saturated rings. The molecule has 2 heterocycles. The molecule has 0 aromatic carbocycles. The Bertz CT molecular complexity index is 374. The van der Waals surface area contributed by atoms with Gasteiger partial charge in [-0.15, -0.1) is 0 Å². The predicted octanol–water partition coefficient (Wildman–Crippen LogP) is 0.244. The Morgan fingerprint density at radius 3 is 3.14 bits per heavy atom. The smallest absolute Gasteiger partial charge is 0.329 e. The number of H-pyrrole nitrogens is 1. The van der Waals surface area contributed by atoms with Gasteiger partial charge in [-0.3, -0.25) is 5.32 Å². The van der Waals surface area contributed by atoms with E-state index >= 15 is 0 Å². The summed E-state index contributed by atoms with van der Waals surface area (Å²) in [5.41, 5.74) is 0.455. The number of carboxylic acids is 1. The van der Waals surface area contributed by atoms with Gasteiger partial charge in [0, 0.05) is 18.2 Å². The first-order chi connectivity index (χ1) is 6.54. The van der Waals surface area contributed by atoms with Crippen LogP contribution in [-0.4, -0.2) is 27.1 Å². The van der Waals surface area contributed by atoms with Gasteiger partial charge in [-0.05, 0) is 13.8 Å². The van der Waals surface area contributed by atoms with Crippen LogP contribution in [0.4, 0.5) is 0 Å². The number of aliphatic carboxylic acids is 1. The molecule has 1 aliphatic rings. The second-order valence-electron chi connectivity index (χ2n) is 3.91. The zero-order valence-corrected chi connectivity index (χ0v) is 8.16. The lowest BCUT2D eigenvalue weighted by atomic mass is 9.89. The minimum absolute atomic E-state index is 0.143. The number of fused-ring (bicyclic) bond motifs is 1. The lowest BCUT2D eigenvalue weighted by Gasteiger charge is -2.33. The van der Waals surface area contributed by atoms with Gasteiger partial charge in [-0.2, -0.15) is 0 Å². The molecule has 2 atom stereocenters. The molecular formula is C9H13N3O2. The lowest BCUT2D eigenvalue weighted by molar-refractivity contribution is -0.145. The number of carbonyl (C=O) groups is 1. The molecule has 76 valence electrons. The quantitative estimate of drug-likeness (QED) is 0.600. The molecule has 5 nitrogen and oxygen atoms in total. The third-order valence-corrected chi connectivity index (χ3v) is 2.66. The molecule has 3 N–H and O–H groups in total. The van der Waals surface area contributed by atoms with Crippen LogP contribution in [0.15, 0.2) is 6.33 Å². The molecule has 0 saturated carbocycles. The van der Waals surface area contributed by atoms with Gasteiger partial charge in [0.2, 0.25) is 0 Å². The van der Waals surface area contributed by atoms with E-state index in [0.717, 1.165) is 12.1 Å². The highest BCUT2D eigenvalue weighted by molar-refractivity contribution is 5.80. The fourth-order valence-electron chi connectivity index (χ4n) is 1.99. The van der Waals surface area contributed by atoms with Crippen LogP contribution in [0, 0.1) is 0 Å². The zero-order valence-electron chi connectivity index (χ0n) is 8.16. The summed E-state index contributed by atoms with van der Waals surface area (Å²) < 4.78 is 0. The monoisotopic (exact) mass is 195 g/mol. The molecule has 0 radical (unpaired) electrons. The number of hydrogen-bond donors (Lipinski definition) is 3. The standard InChI is InChI=1S/C9H13N3O2/c1-5-3-6-7(11-4-10-6)9(2,12-5)8(13)14/h4-5,12H,3H2,1-2H3,(H,10,11)(H,13,14)/t5-,9-/m1/s1. The van der Waals surface area contributed by atoms with E-state index in [9.17, 15) is 4.79 Å². The van der Waals surface area contributed by atoms with Gasteiger partial charge in [0.05, 0.1) is 12.0 Å². The minimum Gasteiger partial charge on any atom is -0.480 e. The van der Waals surface area contributed by atoms with Crippen LogP contribution in [0.2, 0.25) is 0 Å². The predicted molar refractivity (Wildman–Crippen MR) is 49.9 cm³/mol. The van der Waals surface area contributed by atoms with Crippen LogP contribution in [0.1, 0.15) is 25.2 Å². The van der Waals surface area contributed by atoms with Gasteiger partial charge in [0.25, 0.3) is 0 Å². The average molecular weight is 195 g/mol. The van der Waals surface area contributed by atoms with Crippen molar-refractivity contribution in [1.82, 2.24) is 15.3 Å². The van der Waals surface area contributed by atoms with Crippen LogP contribution in [0.25, 0.3) is 0 Å². The molecule has 14 heavy (non-hydrogen) atoms. The SMILES string of the molecule is C[C@@H]1Cc2[nH]cnc2[C@](C)(C(=O)O)N1. The average Bonchev–Trinajstić information content (AvgIpc) is 2.51. The number of nitrogens with zero attached hydrogens (tertiary/aromatic N) is 1. The molecule has 1 aliphatic heterocycles. The first-order valence-corrected chi connectivity index (χ1v) is 4.58. The van der Waals surface area contributed by atoms with Crippen LogP contribution in [0.5, 0.6) is 0 Å². The van der Waals surface area contributed by atoms with Crippen molar-refractivity contribution in [2.75, 3.05) is 0 Å². The lowest BCUT2D eigenvalue weighted by Crippen LogP contribution is -2.54. The largest absolute Gasteiger partial charge is 0.480 e. The summed E-state index contributed by atoms with van der Waals surface area (Å²) in [6.45, 7) is 3.61. The van der Waals surface area contributed by atoms with Gasteiger partial charge in [-0.1, -0.05) is 0 Å². The highest BCUT2D eigenvalue weighted by Crippen LogP contribution is 2.27. The number of nitrogens with one attached hydrogen (secondary N) is 2. The topological polar surface area (TPSA) is 78.0 Å². The van der Waals surface area contributed by atoms with E-state index in [0.29, 0.717) is 5.69 Å². The van der Waals surface area contributed by atoms with Crippen molar-refractivity contribution in [3.63, 3.8) is 0 Å². The van der Waals surface area contributed by atoms with Crippen LogP contribution in [0.3, 0.4) is 0 Å². The van der Waals surface area contributed by atoms with Crippen molar-refractivity contribution in [1.29, 1.82) is 0 Å². The third kappa shape index (κ3) is 1.13. The summed E-state index contributed by atoms with van der Waals surface area (Å²) in [5.74, 6) is -0.891. The third-order valence-electron chi connectivity index (χ3n) is 2.66. The maximum Gasteiger partial charge on any atom is 0.329 e. The first-order valence-electron chi connectivity index (χ1n) is 4.58. The number of hydrogen-bond acceptors (Lipinski definition) is 3. The molecule has 2 rings (SSSR count). The second kappa shape index (κ2) is 2.81. The van der Waals surface area contributed by atoms with Crippen molar-refractivity contribution in [3.05, 3.63) is 17.7 Å². The second-order valence-corrected chi connectivity index (χ2v) is 3.91. The number of carboxylic acid groups (broad SMARTS) is 1. The molecule has 0 spiro atoms. The Morgan fingerprint density at radius 1 is 1.79 bits per heavy atom. The Hall–Kier alpha value is -1.36. The summed E-state index contributed by atoms with van der Waals surface area (Å²) in [4.78, 5) is 18.2. The molecule has 5 heteroatoms. The highest BCUT2D eigenvalue weighted by atomic mass is 16.4. The van der Waals surface area contributed by atoms with Crippen molar-refractivity contribution in [2.45, 2.75) is 31.8 Å². The number of rotatable bonds is 1. The minimum atomic E-state index is -1.06. The van der Waals surface area contributed by atoms with Gasteiger partial charge < -0.3 is 10.1 Å². The molecule has 1 aromatic heterocycles. The van der Waals surface area contributed by atoms with Crippen LogP contribution in [-0.2, 0) is 16.8 Å². The molecule has 0 bridgehead atoms. The van der Waals surface area contributed by atoms with E-state index in [1.54, 1.807) is 13.3 Å². The van der Waals surface area contributed by atoms with Gasteiger partial charge >= 0.3 is 5.97 Å². The summed E-state index contributed by atoms with van der Waals surface area (Å²) >= 11 is 0. The summed E-state index contributed by atoms with van der Waals surface area (Å²) in [7, 11) is 0. The van der Waals surface area contributed by atoms with Crippen molar-refractivity contribution >= 4 is 5.97 Å². The molecule has 0 amide bonds. The van der Waals surface area contributed by atoms with E-state index in [2.05, 4.69) is 15.3 Å². The van der Waals surface area contributed by atoms with Crippen LogP contribution >= 0.6 is 0 Å². The zero-order chi connectivity index (χ0) is 10.3. The Labute approximate surface area is 81.5 Å². The fraction of sp³-hybridized carbons (Fsp3) is 0.556. The molecule has 0 saturated heterocycles. The molecule has 1 aromatic rings. The van der Waals surface area contributed by atoms with Crippen molar-refractivity contribution < 1.29 is 9.90 Å². The Morgan fingerprint density at radius 2 is 2.50 bits per heavy atom. The van der Waals surface area contributed by atoms with E-state index < -0.39 is 11.5 Å². The summed E-state index contributed by atoms with van der Waals surface area (Å²) in [6, 6.07) is 0.143. The normalized spacial score (nSPS) is 31.1. The molecule has 0 unspecified atom stereocenters.